The molecule has 1 heterocycles. The molecule has 0 saturated carbocycles. The zero-order valence-corrected chi connectivity index (χ0v) is 7.01. The lowest BCUT2D eigenvalue weighted by Crippen LogP contribution is -2.09. The summed E-state index contributed by atoms with van der Waals surface area (Å²) in [6, 6.07) is 1.80. The third-order valence-corrected chi connectivity index (χ3v) is 1.86. The molecule has 0 fully saturated rings. The number of nitrogens with one attached hydrogen (secondary N) is 1. The Morgan fingerprint density at radius 3 is 2.80 bits per heavy atom. The van der Waals surface area contributed by atoms with Gasteiger partial charge in [-0.15, -0.1) is 10.2 Å². The Labute approximate surface area is 66.9 Å². The monoisotopic (exact) mass is 202 g/mol. The van der Waals surface area contributed by atoms with E-state index in [4.69, 9.17) is 5.84 Å². The van der Waals surface area contributed by atoms with Crippen molar-refractivity contribution in [1.82, 2.24) is 10.2 Å². The molecule has 0 aromatic carbocycles. The number of aryl methyl sites for hydroxylation is 1. The largest absolute Gasteiger partial charge is 0.307 e. The second-order valence-corrected chi connectivity index (χ2v) is 2.60. The minimum absolute atomic E-state index is 0.570. The van der Waals surface area contributed by atoms with Crippen LogP contribution in [0.2, 0.25) is 0 Å². The van der Waals surface area contributed by atoms with E-state index >= 15 is 0 Å². The average molecular weight is 203 g/mol. The average Bonchev–Trinajstić information content (AvgIpc) is 1.95. The topological polar surface area (TPSA) is 63.8 Å². The van der Waals surface area contributed by atoms with Crippen molar-refractivity contribution in [3.05, 3.63) is 16.2 Å². The molecule has 0 spiro atoms. The summed E-state index contributed by atoms with van der Waals surface area (Å²) in [7, 11) is 0. The molecule has 1 aromatic heterocycles. The fourth-order valence-corrected chi connectivity index (χ4v) is 0.734. The summed E-state index contributed by atoms with van der Waals surface area (Å²) in [5.74, 6) is 5.67. The number of nitrogens with two attached hydrogens (primary N) is 1. The van der Waals surface area contributed by atoms with Gasteiger partial charge < -0.3 is 5.43 Å². The molecule has 54 valence electrons. The fourth-order valence-electron chi connectivity index (χ4n) is 0.541. The number of aromatic nitrogens is 2. The molecule has 0 aliphatic carbocycles. The van der Waals surface area contributed by atoms with E-state index in [1.165, 1.54) is 0 Å². The third-order valence-electron chi connectivity index (χ3n) is 1.07. The molecule has 0 bridgehead atoms. The number of hydrazine groups is 1. The second kappa shape index (κ2) is 2.94. The van der Waals surface area contributed by atoms with Crippen LogP contribution in [0.15, 0.2) is 10.7 Å². The van der Waals surface area contributed by atoms with Gasteiger partial charge in [-0.2, -0.15) is 0 Å². The van der Waals surface area contributed by atoms with Crippen molar-refractivity contribution in [1.29, 1.82) is 0 Å². The van der Waals surface area contributed by atoms with Gasteiger partial charge in [-0.3, -0.25) is 0 Å². The first-order valence-electron chi connectivity index (χ1n) is 2.70. The quantitative estimate of drug-likeness (QED) is 0.524. The van der Waals surface area contributed by atoms with Crippen LogP contribution in [0, 0.1) is 6.92 Å². The van der Waals surface area contributed by atoms with Crippen LogP contribution in [-0.4, -0.2) is 10.2 Å². The Hall–Kier alpha value is -0.680. The van der Waals surface area contributed by atoms with Gasteiger partial charge in [0.05, 0.1) is 0 Å². The lowest BCUT2D eigenvalue weighted by Gasteiger charge is -1.98. The highest BCUT2D eigenvalue weighted by molar-refractivity contribution is 9.10. The molecule has 5 heteroatoms. The zero-order chi connectivity index (χ0) is 7.56. The predicted molar refractivity (Wildman–Crippen MR) is 42.3 cm³/mol. The number of hydrogen-bond donors (Lipinski definition) is 2. The van der Waals surface area contributed by atoms with Crippen LogP contribution in [0.1, 0.15) is 5.56 Å². The zero-order valence-electron chi connectivity index (χ0n) is 5.43. The van der Waals surface area contributed by atoms with Gasteiger partial charge in [0, 0.05) is 0 Å². The molecule has 0 atom stereocenters. The molecular weight excluding hydrogens is 196 g/mol. The van der Waals surface area contributed by atoms with E-state index in [9.17, 15) is 0 Å². The highest BCUT2D eigenvalue weighted by Crippen LogP contribution is 2.12. The molecule has 0 unspecified atom stereocenters. The maximum absolute atomic E-state index is 5.10. The lowest BCUT2D eigenvalue weighted by atomic mass is 10.3. The van der Waals surface area contributed by atoms with Crippen molar-refractivity contribution >= 4 is 21.7 Å². The molecule has 0 radical (unpaired) electrons. The first kappa shape index (κ1) is 7.43. The van der Waals surface area contributed by atoms with Gasteiger partial charge in [-0.05, 0) is 34.5 Å². The predicted octanol–water partition coefficient (Wildman–Crippen LogP) is 0.833. The van der Waals surface area contributed by atoms with Crippen molar-refractivity contribution in [2.24, 2.45) is 5.84 Å². The van der Waals surface area contributed by atoms with Gasteiger partial charge in [0.2, 0.25) is 0 Å². The normalized spacial score (nSPS) is 9.50. The minimum atomic E-state index is 0.570. The summed E-state index contributed by atoms with van der Waals surface area (Å²) in [5, 5.41) is 7.50. The molecule has 0 amide bonds. The van der Waals surface area contributed by atoms with E-state index in [0.717, 1.165) is 10.2 Å². The van der Waals surface area contributed by atoms with E-state index in [1.807, 2.05) is 6.92 Å². The van der Waals surface area contributed by atoms with Crippen LogP contribution < -0.4 is 11.3 Å². The molecule has 0 aliphatic heterocycles. The number of nitrogen functional groups attached to an aromatic ring is 1. The number of nitrogens with zero attached hydrogens (tertiary/aromatic N) is 2. The van der Waals surface area contributed by atoms with E-state index < -0.39 is 0 Å². The molecule has 1 aromatic rings. The van der Waals surface area contributed by atoms with Crippen molar-refractivity contribution in [2.75, 3.05) is 5.43 Å². The maximum Gasteiger partial charge on any atom is 0.162 e. The van der Waals surface area contributed by atoms with E-state index in [1.54, 1.807) is 6.07 Å². The smallest absolute Gasteiger partial charge is 0.162 e. The van der Waals surface area contributed by atoms with Crippen LogP contribution in [0.25, 0.3) is 0 Å². The Morgan fingerprint density at radius 1 is 1.60 bits per heavy atom. The minimum Gasteiger partial charge on any atom is -0.307 e. The van der Waals surface area contributed by atoms with Gasteiger partial charge in [-0.1, -0.05) is 0 Å². The number of rotatable bonds is 1. The standard InChI is InChI=1S/C5H7BrN4/c1-3-2-4(8-7)9-10-5(3)6/h2H,7H2,1H3,(H,8,9). The van der Waals surface area contributed by atoms with Gasteiger partial charge in [-0.25, -0.2) is 5.84 Å². The molecule has 0 aliphatic rings. The van der Waals surface area contributed by atoms with Crippen molar-refractivity contribution < 1.29 is 0 Å². The van der Waals surface area contributed by atoms with Crippen LogP contribution in [0.3, 0.4) is 0 Å². The van der Waals surface area contributed by atoms with Crippen LogP contribution >= 0.6 is 15.9 Å². The highest BCUT2D eigenvalue weighted by Gasteiger charge is 1.96. The number of anilines is 1. The Bertz CT molecular complexity index is 237. The summed E-state index contributed by atoms with van der Waals surface area (Å²) in [6.07, 6.45) is 0. The first-order valence-corrected chi connectivity index (χ1v) is 3.50. The summed E-state index contributed by atoms with van der Waals surface area (Å²) < 4.78 is 0.742. The molecule has 4 nitrogen and oxygen atoms in total. The summed E-state index contributed by atoms with van der Waals surface area (Å²) in [4.78, 5) is 0. The molecular formula is C5H7BrN4. The van der Waals surface area contributed by atoms with Crippen molar-refractivity contribution in [2.45, 2.75) is 6.92 Å². The summed E-state index contributed by atoms with van der Waals surface area (Å²) in [6.45, 7) is 1.92. The Balaban J connectivity index is 3.04. The van der Waals surface area contributed by atoms with Gasteiger partial charge >= 0.3 is 0 Å². The third kappa shape index (κ3) is 1.43. The van der Waals surface area contributed by atoms with E-state index in [0.29, 0.717) is 5.82 Å². The SMILES string of the molecule is Cc1cc(NN)nnc1Br. The van der Waals surface area contributed by atoms with Gasteiger partial charge in [0.25, 0.3) is 0 Å². The van der Waals surface area contributed by atoms with Crippen molar-refractivity contribution in [3.63, 3.8) is 0 Å². The Morgan fingerprint density at radius 2 is 2.30 bits per heavy atom. The fraction of sp³-hybridized carbons (Fsp3) is 0.200. The summed E-state index contributed by atoms with van der Waals surface area (Å²) in [5.41, 5.74) is 3.40. The molecule has 3 N–H and O–H groups in total. The summed E-state index contributed by atoms with van der Waals surface area (Å²) >= 11 is 3.22. The number of hydrogen-bond acceptors (Lipinski definition) is 4. The number of halogens is 1. The first-order chi connectivity index (χ1) is 4.74. The lowest BCUT2D eigenvalue weighted by molar-refractivity contribution is 0.980. The van der Waals surface area contributed by atoms with Gasteiger partial charge in [0.1, 0.15) is 4.60 Å². The van der Waals surface area contributed by atoms with Crippen LogP contribution in [-0.2, 0) is 0 Å². The highest BCUT2D eigenvalue weighted by atomic mass is 79.9. The van der Waals surface area contributed by atoms with E-state index in [-0.39, 0.29) is 0 Å². The molecule has 10 heavy (non-hydrogen) atoms. The van der Waals surface area contributed by atoms with E-state index in [2.05, 4.69) is 31.6 Å². The van der Waals surface area contributed by atoms with Crippen LogP contribution in [0.5, 0.6) is 0 Å². The van der Waals surface area contributed by atoms with Gasteiger partial charge in [0.15, 0.2) is 5.82 Å². The van der Waals surface area contributed by atoms with Crippen molar-refractivity contribution in [3.8, 4) is 0 Å². The van der Waals surface area contributed by atoms with Crippen LogP contribution in [0.4, 0.5) is 5.82 Å². The maximum atomic E-state index is 5.10. The molecule has 0 saturated heterocycles. The Kier molecular flexibility index (Phi) is 2.18. The molecule has 1 rings (SSSR count). The second-order valence-electron chi connectivity index (χ2n) is 1.85.